The van der Waals surface area contributed by atoms with E-state index in [1.165, 1.54) is 0 Å². The monoisotopic (exact) mass is 927 g/mol. The first-order chi connectivity index (χ1) is 30.0. The fourth-order valence-corrected chi connectivity index (χ4v) is 13.9. The van der Waals surface area contributed by atoms with Crippen LogP contribution in [0.5, 0.6) is 0 Å². The number of nitrogens with zero attached hydrogens (tertiary/aromatic N) is 4. The van der Waals surface area contributed by atoms with E-state index in [0.717, 1.165) is 90.6 Å². The molecule has 0 bridgehead atoms. The number of ether oxygens (including phenoxy) is 3. The zero-order chi connectivity index (χ0) is 48.3. The van der Waals surface area contributed by atoms with Crippen molar-refractivity contribution in [3.8, 4) is 0 Å². The average molecular weight is 927 g/mol. The van der Waals surface area contributed by atoms with Crippen LogP contribution in [0.3, 0.4) is 0 Å². The van der Waals surface area contributed by atoms with E-state index in [1.54, 1.807) is 0 Å². The molecule has 0 spiro atoms. The van der Waals surface area contributed by atoms with E-state index in [2.05, 4.69) is 95.4 Å². The molecule has 64 heavy (non-hydrogen) atoms. The van der Waals surface area contributed by atoms with Crippen molar-refractivity contribution in [3.63, 3.8) is 0 Å². The van der Waals surface area contributed by atoms with Crippen LogP contribution in [0.1, 0.15) is 142 Å². The molecule has 376 valence electrons. The highest BCUT2D eigenvalue weighted by atomic mass is 28.4. The summed E-state index contributed by atoms with van der Waals surface area (Å²) in [6.07, 6.45) is 4.83. The van der Waals surface area contributed by atoms with Gasteiger partial charge >= 0.3 is 26.5 Å². The largest absolute Gasteiger partial charge is 0.466 e. The Balaban J connectivity index is 2.38. The van der Waals surface area contributed by atoms with Crippen molar-refractivity contribution >= 4 is 26.5 Å². The highest BCUT2D eigenvalue weighted by Gasteiger charge is 2.61. The molecule has 2 saturated heterocycles. The van der Waals surface area contributed by atoms with Gasteiger partial charge in [0.05, 0.1) is 55.9 Å². The van der Waals surface area contributed by atoms with Crippen LogP contribution in [-0.2, 0) is 37.4 Å². The van der Waals surface area contributed by atoms with Gasteiger partial charge < -0.3 is 47.8 Å². The predicted molar refractivity (Wildman–Crippen MR) is 260 cm³/mol. The Morgan fingerprint density at radius 1 is 0.672 bits per heavy atom. The Kier molecular flexibility index (Phi) is 25.6. The van der Waals surface area contributed by atoms with Gasteiger partial charge in [-0.1, -0.05) is 61.8 Å². The minimum absolute atomic E-state index is 0.0801. The molecule has 14 heteroatoms. The maximum Gasteiger partial charge on any atom is 0.335 e. The molecule has 0 aromatic heterocycles. The Labute approximate surface area is 392 Å². The second-order valence-corrected chi connectivity index (χ2v) is 23.6. The third-order valence-corrected chi connectivity index (χ3v) is 19.0. The molecular weight excluding hydrogens is 829 g/mol. The molecule has 2 heterocycles. The first-order valence-corrected chi connectivity index (χ1v) is 28.0. The zero-order valence-electron chi connectivity index (χ0n) is 43.7. The van der Waals surface area contributed by atoms with Gasteiger partial charge in [-0.05, 0) is 136 Å². The van der Waals surface area contributed by atoms with Gasteiger partial charge in [0, 0.05) is 51.7 Å². The predicted octanol–water partition coefficient (Wildman–Crippen LogP) is 7.87. The number of aliphatic hydroxyl groups is 1. The smallest absolute Gasteiger partial charge is 0.335 e. The lowest BCUT2D eigenvalue weighted by Crippen LogP contribution is -2.69. The lowest BCUT2D eigenvalue weighted by molar-refractivity contribution is -0.204. The highest BCUT2D eigenvalue weighted by Crippen LogP contribution is 2.53. The molecule has 0 radical (unpaired) electrons. The average Bonchev–Trinajstić information content (AvgIpc) is 3.24. The highest BCUT2D eigenvalue weighted by molar-refractivity contribution is 6.66. The number of carbonyl (C=O) groups is 3. The van der Waals surface area contributed by atoms with Gasteiger partial charge in [0.25, 0.3) is 0 Å². The van der Waals surface area contributed by atoms with E-state index in [4.69, 9.17) is 23.1 Å². The molecule has 2 fully saturated rings. The number of carbonyl (C=O) groups excluding carboxylic acids is 3. The molecule has 9 unspecified atom stereocenters. The second-order valence-electron chi connectivity index (χ2n) is 20.4. The molecule has 2 aliphatic heterocycles. The van der Waals surface area contributed by atoms with Crippen LogP contribution in [0.15, 0.2) is 0 Å². The van der Waals surface area contributed by atoms with Gasteiger partial charge in [-0.15, -0.1) is 0 Å². The van der Waals surface area contributed by atoms with E-state index >= 15 is 0 Å². The zero-order valence-corrected chi connectivity index (χ0v) is 44.7. The molecular formula is C50H98N4O9Si. The van der Waals surface area contributed by atoms with Gasteiger partial charge in [-0.2, -0.15) is 0 Å². The molecule has 0 aromatic carbocycles. The third-order valence-electron chi connectivity index (χ3n) is 16.0. The summed E-state index contributed by atoms with van der Waals surface area (Å²) >= 11 is 0. The van der Waals surface area contributed by atoms with Crippen molar-refractivity contribution in [3.05, 3.63) is 0 Å². The fourth-order valence-electron chi connectivity index (χ4n) is 10.2. The van der Waals surface area contributed by atoms with Crippen LogP contribution in [0.25, 0.3) is 0 Å². The Morgan fingerprint density at radius 3 is 1.41 bits per heavy atom. The van der Waals surface area contributed by atoms with Crippen molar-refractivity contribution in [1.82, 2.24) is 19.6 Å². The minimum atomic E-state index is -2.74. The summed E-state index contributed by atoms with van der Waals surface area (Å²) in [4.78, 5) is 47.1. The second kappa shape index (κ2) is 28.0. The van der Waals surface area contributed by atoms with Crippen LogP contribution in [0.4, 0.5) is 0 Å². The summed E-state index contributed by atoms with van der Waals surface area (Å²) in [5, 5.41) is 11.6. The summed E-state index contributed by atoms with van der Waals surface area (Å²) in [6, 6.07) is 0.873. The van der Waals surface area contributed by atoms with Crippen LogP contribution < -0.4 is 0 Å². The SMILES string of the molecule is CCOC(=O)CCN1CCCN(CCC(=O)OCC)CCN(CCC(=O)OCC)CCCN(CCC[Si]2(C)OC(C)(C(C)CC)C(C)C(C)(C(C)C(C)C(C)C(C)(O)C(C)C)O2)CC1. The lowest BCUT2D eigenvalue weighted by Gasteiger charge is -2.61. The summed E-state index contributed by atoms with van der Waals surface area (Å²) in [6.45, 7) is 43.0. The summed E-state index contributed by atoms with van der Waals surface area (Å²) in [7, 11) is -2.74. The Hall–Kier alpha value is -1.65. The van der Waals surface area contributed by atoms with Crippen molar-refractivity contribution in [1.29, 1.82) is 0 Å². The van der Waals surface area contributed by atoms with Crippen molar-refractivity contribution in [2.75, 3.05) is 98.4 Å². The van der Waals surface area contributed by atoms with E-state index < -0.39 is 19.8 Å². The Morgan fingerprint density at radius 2 is 1.05 bits per heavy atom. The summed E-state index contributed by atoms with van der Waals surface area (Å²) < 4.78 is 30.8. The van der Waals surface area contributed by atoms with Gasteiger partial charge in [-0.3, -0.25) is 14.4 Å². The van der Waals surface area contributed by atoms with Crippen LogP contribution in [-0.4, -0.2) is 166 Å². The van der Waals surface area contributed by atoms with Gasteiger partial charge in [0.15, 0.2) is 0 Å². The normalized spacial score (nSPS) is 28.4. The lowest BCUT2D eigenvalue weighted by atomic mass is 9.61. The van der Waals surface area contributed by atoms with Crippen LogP contribution in [0.2, 0.25) is 12.6 Å². The Bertz CT molecular complexity index is 1380. The fraction of sp³-hybridized carbons (Fsp3) is 0.940. The van der Waals surface area contributed by atoms with Crippen LogP contribution >= 0.6 is 0 Å². The molecule has 1 N–H and O–H groups in total. The molecule has 2 aliphatic rings. The maximum absolute atomic E-state index is 12.5. The number of hydrogen-bond acceptors (Lipinski definition) is 13. The van der Waals surface area contributed by atoms with Crippen LogP contribution in [0, 0.1) is 35.5 Å². The van der Waals surface area contributed by atoms with Crippen molar-refractivity contribution in [2.45, 2.75) is 171 Å². The van der Waals surface area contributed by atoms with Crippen molar-refractivity contribution < 1.29 is 42.6 Å². The van der Waals surface area contributed by atoms with Gasteiger partial charge in [-0.25, -0.2) is 0 Å². The van der Waals surface area contributed by atoms with Gasteiger partial charge in [0.1, 0.15) is 0 Å². The minimum Gasteiger partial charge on any atom is -0.466 e. The molecule has 0 amide bonds. The number of rotatable bonds is 23. The van der Waals surface area contributed by atoms with E-state index in [-0.39, 0.29) is 53.1 Å². The number of hydrogen-bond donors (Lipinski definition) is 1. The quantitative estimate of drug-likeness (QED) is 0.0607. The third kappa shape index (κ3) is 17.8. The van der Waals surface area contributed by atoms with Crippen molar-refractivity contribution in [2.24, 2.45) is 35.5 Å². The topological polar surface area (TPSA) is 131 Å². The molecule has 0 saturated carbocycles. The molecule has 13 nitrogen and oxygen atoms in total. The number of esters is 3. The first-order valence-electron chi connectivity index (χ1n) is 25.5. The van der Waals surface area contributed by atoms with E-state index in [9.17, 15) is 19.5 Å². The molecule has 0 aliphatic carbocycles. The first kappa shape index (κ1) is 58.5. The van der Waals surface area contributed by atoms with Gasteiger partial charge in [0.2, 0.25) is 0 Å². The van der Waals surface area contributed by atoms with E-state index in [0.29, 0.717) is 64.6 Å². The standard InChI is InChI=1S/C50H98N4O9Si/c1-16-40(7)49(13)44(11)50(14,43(10)41(8)42(9)48(12,58)39(5)6)63-64(15,62-49)38-22-30-51-26-20-27-53(32-24-46(56)60-18-3)36-37-54(33-25-47(57)61-19-4)29-21-28-52(35-34-51)31-23-45(55)59-17-2/h39-44,58H,16-38H2,1-15H3. The summed E-state index contributed by atoms with van der Waals surface area (Å²) in [5.41, 5.74) is -1.59. The molecule has 2 rings (SSSR count). The maximum atomic E-state index is 12.5. The molecule has 9 atom stereocenters. The van der Waals surface area contributed by atoms with E-state index in [1.807, 2.05) is 27.7 Å². The molecule has 0 aromatic rings. The summed E-state index contributed by atoms with van der Waals surface area (Å²) in [5.74, 6) is 0.576.